The van der Waals surface area contributed by atoms with E-state index in [1.807, 2.05) is 99.6 Å². The normalized spacial score (nSPS) is 24.7. The van der Waals surface area contributed by atoms with Crippen LogP contribution in [0, 0.1) is 98.1 Å². The molecule has 1 aromatic carbocycles. The van der Waals surface area contributed by atoms with Gasteiger partial charge in [0, 0.05) is 31.5 Å². The molecule has 36 nitrogen and oxygen atoms in total. The highest BCUT2D eigenvalue weighted by Gasteiger charge is 2.75. The molecule has 18 atom stereocenters. The summed E-state index contributed by atoms with van der Waals surface area (Å²) < 4.78 is 15.3. The molecule has 137 heavy (non-hydrogen) atoms. The highest BCUT2D eigenvalue weighted by atomic mass is 35.5. The lowest BCUT2D eigenvalue weighted by Gasteiger charge is -2.38. The van der Waals surface area contributed by atoms with Crippen molar-refractivity contribution in [2.45, 2.75) is 357 Å². The third kappa shape index (κ3) is 28.8. The fourth-order valence-electron chi connectivity index (χ4n) is 20.2. The van der Waals surface area contributed by atoms with E-state index in [1.54, 1.807) is 90.0 Å². The van der Waals surface area contributed by atoms with Crippen molar-refractivity contribution in [3.8, 4) is 0 Å². The predicted molar refractivity (Wildman–Crippen MR) is 509 cm³/mol. The van der Waals surface area contributed by atoms with Gasteiger partial charge in [-0.05, 0) is 172 Å². The molecule has 15 N–H and O–H groups in total. The Morgan fingerprint density at radius 3 is 1.18 bits per heavy atom. The average molecular weight is 1960 g/mol. The quantitative estimate of drug-likeness (QED) is 0.0131. The number of halogens is 2. The first-order valence-corrected chi connectivity index (χ1v) is 49.5. The molecule has 0 spiro atoms. The number of carbonyl (C=O) groups is 18. The van der Waals surface area contributed by atoms with Gasteiger partial charge in [-0.3, -0.25) is 57.5 Å². The number of nitrogens with two attached hydrogens (primary N) is 3. The molecule has 3 unspecified atom stereocenters. The largest absolute Gasteiger partial charge is 0.459 e. The Morgan fingerprint density at radius 1 is 0.409 bits per heavy atom. The molecule has 0 bridgehead atoms. The van der Waals surface area contributed by atoms with Crippen molar-refractivity contribution < 1.29 is 101 Å². The minimum absolute atomic E-state index is 0.0518. The number of likely N-dealkylation sites (tertiary alicyclic amines) is 3. The van der Waals surface area contributed by atoms with Gasteiger partial charge in [0.05, 0.1) is 18.1 Å². The van der Waals surface area contributed by atoms with E-state index in [9.17, 15) is 86.3 Å². The van der Waals surface area contributed by atoms with Gasteiger partial charge in [0.2, 0.25) is 52.8 Å². The zero-order valence-electron chi connectivity index (χ0n) is 84.3. The number of Topliss-reactive ketones (excluding diaryl/α,β-unsaturated/α-hetero) is 3. The Bertz CT molecular complexity index is 4680. The van der Waals surface area contributed by atoms with Gasteiger partial charge in [0.1, 0.15) is 76.5 Å². The Balaban J connectivity index is 0.000000231. The fraction of sp³-hybridized carbons (Fsp3) is 0.758. The molecule has 0 radical (unpaired) electrons. The van der Waals surface area contributed by atoms with Crippen LogP contribution in [0.25, 0.3) is 0 Å². The van der Waals surface area contributed by atoms with Gasteiger partial charge in [-0.2, -0.15) is 0 Å². The number of primary amides is 3. The molecule has 11 rings (SSSR count). The molecule has 38 heteroatoms. The molecule has 15 amide bonds. The monoisotopic (exact) mass is 1960 g/mol. The topological polar surface area (TPSA) is 531 Å². The number of hydrogen-bond acceptors (Lipinski definition) is 21. The Hall–Kier alpha value is -9.74. The molecule has 3 heterocycles. The smallest absolute Gasteiger partial charge is 0.329 e. The third-order valence-corrected chi connectivity index (χ3v) is 29.7. The number of hydrogen-bond donors (Lipinski definition) is 12. The third-order valence-electron chi connectivity index (χ3n) is 28.7. The van der Waals surface area contributed by atoms with E-state index < -0.39 is 211 Å². The summed E-state index contributed by atoms with van der Waals surface area (Å²) in [5, 5.41) is 24.7. The minimum Gasteiger partial charge on any atom is -0.459 e. The highest BCUT2D eigenvalue weighted by molar-refractivity contribution is 6.51. The number of esters is 3. The van der Waals surface area contributed by atoms with Crippen LogP contribution in [0.4, 0.5) is 14.4 Å². The van der Waals surface area contributed by atoms with E-state index in [2.05, 4.69) is 47.9 Å². The van der Waals surface area contributed by atoms with Crippen LogP contribution in [0.5, 0.6) is 0 Å². The van der Waals surface area contributed by atoms with E-state index in [-0.39, 0.29) is 101 Å². The van der Waals surface area contributed by atoms with Crippen molar-refractivity contribution >= 4 is 130 Å². The van der Waals surface area contributed by atoms with Gasteiger partial charge in [0.15, 0.2) is 0 Å². The standard InChI is InChI=1S/C36H53N5O7.C33H51Cl2N5O7.C30H49N5O7/c1-34(2,3)17-24(32(46)48-19-21-12-10-9-11-13-21)39-33(47)40-28(35(4,5)6)31(45)41-18-22-25(36(22,7)8)26(41)30(44)38-23(16-20-14-15-20)27(42)29(37)43;1-31(2,3)25(29(45)47-32(4,5)6)39-30(46)38-22(18-13-8-7-9-14-18)28(44)40-16-19-21(33(19,34)35)23(40)27(43)37-20(24(41)26(36)42)15-17-11-10-12-17;1-14(2)20(33-28(41)34-21(15(3)4)27(40)42-29(5,6)7)26(39)35-13-17-19(30(17,8)9)22(35)25(38)32-18(12-16-10-11-16)23(36)24(31)37/h9-13,20,22-26,28H,14-19H2,1-8H3,(H2,37,43)(H,38,44)(H2,39,40,47);17-23,25H,7-16H2,1-6H3,(H2,36,42)(H,37,43)(H2,38,39,46);14-22H,10-13H2,1-9H3,(H2,31,37)(H,32,38)(H2,33,34,41)/t22-,23?,24-,25-,26-,28+;19-,20?,21-,22-,23-,25+;17-,18?,19-,20-,21-,22-/m000/s1. The number of carbonyl (C=O) groups excluding carboxylic acids is 18. The highest BCUT2D eigenvalue weighted by Crippen LogP contribution is 2.67. The zero-order chi connectivity index (χ0) is 103. The molecule has 3 aliphatic heterocycles. The second-order valence-corrected chi connectivity index (χ2v) is 48.5. The van der Waals surface area contributed by atoms with Crippen LogP contribution < -0.4 is 65.1 Å². The molecule has 10 aliphatic rings. The van der Waals surface area contributed by atoms with Crippen molar-refractivity contribution in [3.05, 3.63) is 35.9 Å². The molecule has 3 saturated heterocycles. The van der Waals surface area contributed by atoms with Gasteiger partial charge in [0.25, 0.3) is 17.7 Å². The molecule has 10 fully saturated rings. The number of ether oxygens (including phenoxy) is 3. The van der Waals surface area contributed by atoms with Gasteiger partial charge in [-0.25, -0.2) is 28.8 Å². The van der Waals surface area contributed by atoms with E-state index in [0.29, 0.717) is 45.2 Å². The number of amides is 15. The number of rotatable bonds is 36. The summed E-state index contributed by atoms with van der Waals surface area (Å²) in [6.07, 6.45) is 11.8. The predicted octanol–water partition coefficient (Wildman–Crippen LogP) is 7.92. The van der Waals surface area contributed by atoms with Crippen molar-refractivity contribution in [2.75, 3.05) is 19.6 Å². The van der Waals surface area contributed by atoms with Crippen LogP contribution in [0.3, 0.4) is 0 Å². The number of benzene rings is 1. The Labute approximate surface area is 815 Å². The van der Waals surface area contributed by atoms with Crippen LogP contribution in [0.2, 0.25) is 0 Å². The number of nitrogens with one attached hydrogen (secondary N) is 9. The number of nitrogens with zero attached hydrogens (tertiary/aromatic N) is 3. The maximum Gasteiger partial charge on any atom is 0.329 e. The molecular weight excluding hydrogens is 1810 g/mol. The first kappa shape index (κ1) is 111. The number of alkyl halides is 2. The van der Waals surface area contributed by atoms with Crippen LogP contribution >= 0.6 is 23.2 Å². The maximum absolute atomic E-state index is 14.4. The first-order valence-electron chi connectivity index (χ1n) is 48.8. The van der Waals surface area contributed by atoms with Crippen LogP contribution in [-0.2, 0) is 92.7 Å². The summed E-state index contributed by atoms with van der Waals surface area (Å²) in [6, 6.07) is -4.94. The molecule has 7 saturated carbocycles. The minimum atomic E-state index is -1.24. The average Bonchev–Trinajstić information content (AvgIpc) is 1.53. The second-order valence-electron chi connectivity index (χ2n) is 47.0. The SMILES string of the molecule is CC(C)(C)C[C@H](NC(=O)N[C@H](C(=O)N1C[C@H]2[C@@H]([C@H]1C(=O)NC(CC1CC1)C(=O)C(N)=O)C2(C)C)C(C)(C)C)C(=O)OCc1ccccc1.CC(C)(C)OC(=O)[C@@H](NC(=O)N[C@H](C(=O)N1C[C@H]2[C@@H]([C@H]1C(=O)NC(CC1CCC1)C(=O)C(N)=O)C2(Cl)Cl)C1CCCCC1)C(C)(C)C.CC(C)[C@H](NC(=O)N[C@H](C(=O)N1C[C@H]2[C@@H]([C@H]1C(=O)NC(CC1CC1)C(=O)C(N)=O)C2(C)C)C(C)C)C(=O)OC(C)(C)C. The van der Waals surface area contributed by atoms with Gasteiger partial charge in [-0.1, -0.05) is 212 Å². The van der Waals surface area contributed by atoms with Crippen molar-refractivity contribution in [3.63, 3.8) is 0 Å². The molecule has 7 aliphatic carbocycles. The van der Waals surface area contributed by atoms with Crippen LogP contribution in [0.1, 0.15) is 268 Å². The summed E-state index contributed by atoms with van der Waals surface area (Å²) in [5.41, 5.74) is 13.0. The Morgan fingerprint density at radius 2 is 0.788 bits per heavy atom. The lowest BCUT2D eigenvalue weighted by atomic mass is 9.80. The van der Waals surface area contributed by atoms with Gasteiger partial charge in [-0.15, -0.1) is 23.2 Å². The molecule has 764 valence electrons. The van der Waals surface area contributed by atoms with E-state index in [4.69, 9.17) is 54.6 Å². The summed E-state index contributed by atoms with van der Waals surface area (Å²) in [4.78, 5) is 241. The number of ketones is 3. The summed E-state index contributed by atoms with van der Waals surface area (Å²) in [5.74, 6) is -12.0. The van der Waals surface area contributed by atoms with E-state index in [1.165, 1.54) is 14.7 Å². The molecule has 0 aromatic heterocycles. The summed E-state index contributed by atoms with van der Waals surface area (Å²) in [7, 11) is 0. The maximum atomic E-state index is 14.4. The van der Waals surface area contributed by atoms with Gasteiger partial charge < -0.3 is 94.0 Å². The number of urea groups is 3. The van der Waals surface area contributed by atoms with Crippen molar-refractivity contribution in [1.29, 1.82) is 0 Å². The van der Waals surface area contributed by atoms with E-state index in [0.717, 1.165) is 69.8 Å². The Kier molecular flexibility index (Phi) is 35.3. The second kappa shape index (κ2) is 43.6. The number of piperidine rings is 3. The molecule has 1 aromatic rings. The van der Waals surface area contributed by atoms with Crippen LogP contribution in [-0.4, -0.2) is 229 Å². The fourth-order valence-corrected chi connectivity index (χ4v) is 21.0. The lowest BCUT2D eigenvalue weighted by Crippen LogP contribution is -2.62. The first-order chi connectivity index (χ1) is 63.2. The summed E-state index contributed by atoms with van der Waals surface area (Å²) in [6.45, 7) is 43.2. The van der Waals surface area contributed by atoms with Crippen LogP contribution in [0.15, 0.2) is 30.3 Å². The van der Waals surface area contributed by atoms with Crippen molar-refractivity contribution in [2.24, 2.45) is 115 Å². The van der Waals surface area contributed by atoms with Crippen molar-refractivity contribution in [1.82, 2.24) is 62.6 Å². The number of fused-ring (bicyclic) bond motifs is 3. The lowest BCUT2D eigenvalue weighted by molar-refractivity contribution is -0.160. The zero-order valence-corrected chi connectivity index (χ0v) is 85.8. The van der Waals surface area contributed by atoms with E-state index >= 15 is 0 Å². The van der Waals surface area contributed by atoms with Gasteiger partial charge >= 0.3 is 36.0 Å². The molecular formula is C99H153Cl2N15O21. The summed E-state index contributed by atoms with van der Waals surface area (Å²) >= 11 is 13.1.